The number of aromatic nitrogens is 1. The average molecular weight is 405 g/mol. The number of amides is 2. The molecule has 0 saturated heterocycles. The molecule has 0 aliphatic carbocycles. The Hall–Kier alpha value is -3.32. The summed E-state index contributed by atoms with van der Waals surface area (Å²) in [5, 5.41) is 3.53. The van der Waals surface area contributed by atoms with Crippen LogP contribution in [0.3, 0.4) is 0 Å². The van der Waals surface area contributed by atoms with Crippen LogP contribution in [0.5, 0.6) is 5.75 Å². The van der Waals surface area contributed by atoms with Gasteiger partial charge in [0.25, 0.3) is 5.91 Å². The maximum atomic E-state index is 13.2. The molecule has 3 aromatic rings. The smallest absolute Gasteiger partial charge is 0.261 e. The van der Waals surface area contributed by atoms with Crippen molar-refractivity contribution in [2.75, 3.05) is 23.9 Å². The molecule has 0 unspecified atom stereocenters. The zero-order valence-electron chi connectivity index (χ0n) is 15.8. The van der Waals surface area contributed by atoms with E-state index in [0.29, 0.717) is 16.3 Å². The van der Waals surface area contributed by atoms with Crippen LogP contribution < -0.4 is 15.0 Å². The number of fused-ring (bicyclic) bond motifs is 2. The van der Waals surface area contributed by atoms with Crippen molar-refractivity contribution in [3.05, 3.63) is 72.4 Å². The van der Waals surface area contributed by atoms with Crippen molar-refractivity contribution in [2.45, 2.75) is 16.3 Å². The van der Waals surface area contributed by atoms with Crippen molar-refractivity contribution in [3.63, 3.8) is 0 Å². The van der Waals surface area contributed by atoms with Gasteiger partial charge in [0.2, 0.25) is 5.91 Å². The van der Waals surface area contributed by atoms with Crippen molar-refractivity contribution in [1.82, 2.24) is 4.98 Å². The highest BCUT2D eigenvalue weighted by Gasteiger charge is 2.28. The number of carbonyl (C=O) groups is 2. The van der Waals surface area contributed by atoms with Gasteiger partial charge in [0.05, 0.1) is 18.4 Å². The van der Waals surface area contributed by atoms with Gasteiger partial charge in [-0.2, -0.15) is 0 Å². The minimum atomic E-state index is -0.163. The van der Waals surface area contributed by atoms with Crippen LogP contribution in [0.2, 0.25) is 0 Å². The van der Waals surface area contributed by atoms with Crippen LogP contribution in [-0.4, -0.2) is 30.5 Å². The Labute approximate surface area is 172 Å². The molecule has 2 aromatic carbocycles. The van der Waals surface area contributed by atoms with Crippen LogP contribution in [0, 0.1) is 0 Å². The van der Waals surface area contributed by atoms with Crippen LogP contribution in [0.25, 0.3) is 0 Å². The molecule has 2 amide bonds. The number of para-hydroxylation sites is 1. The number of benzene rings is 2. The summed E-state index contributed by atoms with van der Waals surface area (Å²) in [4.78, 5) is 32.6. The summed E-state index contributed by atoms with van der Waals surface area (Å²) in [7, 11) is 1.59. The molecule has 2 heterocycles. The van der Waals surface area contributed by atoms with Gasteiger partial charge in [-0.05, 0) is 48.5 Å². The van der Waals surface area contributed by atoms with Crippen molar-refractivity contribution in [3.8, 4) is 5.75 Å². The van der Waals surface area contributed by atoms with Gasteiger partial charge in [-0.25, -0.2) is 4.98 Å². The predicted molar refractivity (Wildman–Crippen MR) is 113 cm³/mol. The SMILES string of the molecule is COc1ccc(NC(=O)CCN2C(=O)c3cccnc3Sc3ccccc32)cc1. The van der Waals surface area contributed by atoms with Gasteiger partial charge in [-0.1, -0.05) is 23.9 Å². The van der Waals surface area contributed by atoms with Gasteiger partial charge >= 0.3 is 0 Å². The van der Waals surface area contributed by atoms with Crippen LogP contribution >= 0.6 is 11.8 Å². The zero-order chi connectivity index (χ0) is 20.2. The second-order valence-corrected chi connectivity index (χ2v) is 7.44. The zero-order valence-corrected chi connectivity index (χ0v) is 16.6. The first-order chi connectivity index (χ1) is 14.2. The minimum absolute atomic E-state index is 0.150. The standard InChI is InChI=1S/C22H19N3O3S/c1-28-16-10-8-15(9-11-16)24-20(26)12-14-25-18-6-2-3-7-19(18)29-21-17(22(25)27)5-4-13-23-21/h2-11,13H,12,14H2,1H3,(H,24,26). The Balaban J connectivity index is 1.52. The van der Waals surface area contributed by atoms with Crippen LogP contribution in [0.4, 0.5) is 11.4 Å². The fraction of sp³-hybridized carbons (Fsp3) is 0.136. The van der Waals surface area contributed by atoms with Gasteiger partial charge in [-0.3, -0.25) is 9.59 Å². The summed E-state index contributed by atoms with van der Waals surface area (Å²) in [5.74, 6) is 0.408. The van der Waals surface area contributed by atoms with E-state index in [1.54, 1.807) is 54.6 Å². The number of hydrogen-bond acceptors (Lipinski definition) is 5. The van der Waals surface area contributed by atoms with Gasteiger partial charge in [0.1, 0.15) is 10.8 Å². The van der Waals surface area contributed by atoms with E-state index >= 15 is 0 Å². The highest BCUT2D eigenvalue weighted by Crippen LogP contribution is 2.40. The van der Waals surface area contributed by atoms with E-state index in [9.17, 15) is 9.59 Å². The first-order valence-electron chi connectivity index (χ1n) is 9.13. The number of ether oxygens (including phenoxy) is 1. The molecule has 29 heavy (non-hydrogen) atoms. The quantitative estimate of drug-likeness (QED) is 0.688. The minimum Gasteiger partial charge on any atom is -0.497 e. The Bertz CT molecular complexity index is 1050. The molecule has 0 saturated carbocycles. The van der Waals surface area contributed by atoms with E-state index in [2.05, 4.69) is 10.3 Å². The summed E-state index contributed by atoms with van der Waals surface area (Å²) in [6.45, 7) is 0.271. The third-order valence-corrected chi connectivity index (χ3v) is 5.63. The molecular formula is C22H19N3O3S. The van der Waals surface area contributed by atoms with Crippen molar-refractivity contribution >= 4 is 35.0 Å². The molecule has 1 aliphatic heterocycles. The molecule has 6 nitrogen and oxygen atoms in total. The van der Waals surface area contributed by atoms with E-state index in [4.69, 9.17) is 4.74 Å². The van der Waals surface area contributed by atoms with Crippen LogP contribution in [0.1, 0.15) is 16.8 Å². The van der Waals surface area contributed by atoms with Gasteiger partial charge < -0.3 is 15.0 Å². The fourth-order valence-electron chi connectivity index (χ4n) is 3.09. The lowest BCUT2D eigenvalue weighted by molar-refractivity contribution is -0.116. The second kappa shape index (κ2) is 8.36. The number of nitrogens with one attached hydrogen (secondary N) is 1. The average Bonchev–Trinajstić information content (AvgIpc) is 2.87. The molecule has 0 fully saturated rings. The maximum absolute atomic E-state index is 13.2. The highest BCUT2D eigenvalue weighted by atomic mass is 32.2. The molecule has 1 N–H and O–H groups in total. The number of carbonyl (C=O) groups excluding carboxylic acids is 2. The maximum Gasteiger partial charge on any atom is 0.261 e. The third-order valence-electron chi connectivity index (χ3n) is 4.55. The van der Waals surface area contributed by atoms with Crippen LogP contribution in [-0.2, 0) is 4.79 Å². The largest absolute Gasteiger partial charge is 0.497 e. The van der Waals surface area contributed by atoms with Gasteiger partial charge in [0.15, 0.2) is 0 Å². The second-order valence-electron chi connectivity index (χ2n) is 6.41. The predicted octanol–water partition coefficient (Wildman–Crippen LogP) is 4.23. The number of methoxy groups -OCH3 is 1. The van der Waals surface area contributed by atoms with E-state index in [0.717, 1.165) is 16.3 Å². The van der Waals surface area contributed by atoms with E-state index in [-0.39, 0.29) is 24.8 Å². The number of pyridine rings is 1. The lowest BCUT2D eigenvalue weighted by Gasteiger charge is -2.22. The third kappa shape index (κ3) is 4.09. The lowest BCUT2D eigenvalue weighted by atomic mass is 10.2. The Morgan fingerprint density at radius 1 is 1.10 bits per heavy atom. The highest BCUT2D eigenvalue weighted by molar-refractivity contribution is 7.99. The summed E-state index contributed by atoms with van der Waals surface area (Å²) in [6, 6.07) is 18.3. The molecule has 1 aromatic heterocycles. The van der Waals surface area contributed by atoms with E-state index < -0.39 is 0 Å². The van der Waals surface area contributed by atoms with Crippen molar-refractivity contribution < 1.29 is 14.3 Å². The normalized spacial score (nSPS) is 12.6. The molecule has 0 spiro atoms. The Morgan fingerprint density at radius 3 is 2.69 bits per heavy atom. The van der Waals surface area contributed by atoms with Crippen molar-refractivity contribution in [2.24, 2.45) is 0 Å². The molecule has 7 heteroatoms. The molecule has 0 radical (unpaired) electrons. The van der Waals surface area contributed by atoms with E-state index in [1.807, 2.05) is 24.3 Å². The van der Waals surface area contributed by atoms with Gasteiger partial charge in [0, 0.05) is 29.7 Å². The topological polar surface area (TPSA) is 71.5 Å². The Morgan fingerprint density at radius 2 is 1.90 bits per heavy atom. The number of nitrogens with zero attached hydrogens (tertiary/aromatic N) is 2. The number of anilines is 2. The van der Waals surface area contributed by atoms with E-state index in [1.165, 1.54) is 11.8 Å². The van der Waals surface area contributed by atoms with Gasteiger partial charge in [-0.15, -0.1) is 0 Å². The van der Waals surface area contributed by atoms with Crippen molar-refractivity contribution in [1.29, 1.82) is 0 Å². The molecule has 146 valence electrons. The number of hydrogen-bond donors (Lipinski definition) is 1. The molecular weight excluding hydrogens is 386 g/mol. The molecule has 0 atom stereocenters. The summed E-state index contributed by atoms with van der Waals surface area (Å²) in [5.41, 5.74) is 2.02. The Kier molecular flexibility index (Phi) is 5.48. The first kappa shape index (κ1) is 19.0. The first-order valence-corrected chi connectivity index (χ1v) is 9.95. The molecule has 0 bridgehead atoms. The molecule has 4 rings (SSSR count). The summed E-state index contributed by atoms with van der Waals surface area (Å²) < 4.78 is 5.12. The fourth-order valence-corrected chi connectivity index (χ4v) is 4.11. The molecule has 1 aliphatic rings. The summed E-state index contributed by atoms with van der Waals surface area (Å²) >= 11 is 1.47. The lowest BCUT2D eigenvalue weighted by Crippen LogP contribution is -2.33. The summed E-state index contributed by atoms with van der Waals surface area (Å²) in [6.07, 6.45) is 1.85. The van der Waals surface area contributed by atoms with Crippen LogP contribution in [0.15, 0.2) is 76.8 Å². The number of rotatable bonds is 5. The monoisotopic (exact) mass is 405 g/mol.